The molecule has 1 aliphatic heterocycles. The third kappa shape index (κ3) is 8.41. The van der Waals surface area contributed by atoms with Crippen LogP contribution in [0.1, 0.15) is 12.8 Å². The molecule has 0 saturated carbocycles. The second-order valence-electron chi connectivity index (χ2n) is 8.31. The molecule has 0 saturated heterocycles. The predicted molar refractivity (Wildman–Crippen MR) is 156 cm³/mol. The van der Waals surface area contributed by atoms with Gasteiger partial charge in [-0.2, -0.15) is 0 Å². The van der Waals surface area contributed by atoms with Crippen molar-refractivity contribution in [3.05, 3.63) is 98.8 Å². The summed E-state index contributed by atoms with van der Waals surface area (Å²) in [7, 11) is 0. The fourth-order valence-corrected chi connectivity index (χ4v) is 5.11. The quantitative estimate of drug-likeness (QED) is 0.0782. The monoisotopic (exact) mass is 778 g/mol. The molecule has 7 rings (SSSR count). The van der Waals surface area contributed by atoms with E-state index in [0.717, 1.165) is 37.2 Å². The molecule has 7 heterocycles. The second kappa shape index (κ2) is 17.3. The van der Waals surface area contributed by atoms with E-state index in [1.165, 1.54) is 0 Å². The summed E-state index contributed by atoms with van der Waals surface area (Å²) >= 11 is 12.9. The molecule has 0 bridgehead atoms. The summed E-state index contributed by atoms with van der Waals surface area (Å²) in [5, 5.41) is 18.4. The molecule has 0 radical (unpaired) electrons. The third-order valence-corrected chi connectivity index (χ3v) is 7.09. The normalized spacial score (nSPS) is 10.8. The Hall–Kier alpha value is -0.607. The van der Waals surface area contributed by atoms with Crippen LogP contribution in [-0.4, -0.2) is 40.3 Å². The summed E-state index contributed by atoms with van der Waals surface area (Å²) in [6.07, 6.45) is 7.22. The first-order chi connectivity index (χ1) is 19.9. The van der Waals surface area contributed by atoms with Crippen LogP contribution in [0, 0.1) is 0 Å². The van der Waals surface area contributed by atoms with Crippen molar-refractivity contribution in [3.63, 3.8) is 0 Å². The van der Waals surface area contributed by atoms with Gasteiger partial charge in [0.2, 0.25) is 5.88 Å². The van der Waals surface area contributed by atoms with E-state index < -0.39 is 0 Å². The smallest absolute Gasteiger partial charge is 1.00 e. The van der Waals surface area contributed by atoms with Crippen LogP contribution in [0.15, 0.2) is 82.3 Å². The topological polar surface area (TPSA) is 139 Å². The van der Waals surface area contributed by atoms with Gasteiger partial charge < -0.3 is 25.8 Å². The molecular weight excluding hydrogens is 762 g/mol. The number of nitrogens with zero attached hydrogens (tertiary/aromatic N) is 6. The van der Waals surface area contributed by atoms with Crippen molar-refractivity contribution in [2.45, 2.75) is 13.2 Å². The van der Waals surface area contributed by atoms with Gasteiger partial charge in [0.15, 0.2) is 0 Å². The molecule has 6 aromatic heterocycles. The van der Waals surface area contributed by atoms with Crippen molar-refractivity contribution in [3.8, 4) is 28.4 Å². The van der Waals surface area contributed by atoms with E-state index in [-0.39, 0.29) is 117 Å². The number of ether oxygens (including phenoxy) is 1. The SMILES string of the molecule is Brc1cnc2c(c1)-c1nc3ccccn3c1CO2.O=CO[O-].OCc1c(-c2cc(Br)cnc2Cl)nc2ccccn12.[H-].[K+].[K+]. The zero-order chi connectivity index (χ0) is 28.9. The molecule has 0 amide bonds. The molecule has 1 aliphatic rings. The van der Waals surface area contributed by atoms with Crippen LogP contribution in [0.3, 0.4) is 0 Å². The Morgan fingerprint density at radius 3 is 2.21 bits per heavy atom. The number of hydrogen-bond acceptors (Lipinski definition) is 9. The minimum atomic E-state index is -0.181. The number of aliphatic hydroxyl groups is 1. The molecule has 0 aliphatic carbocycles. The van der Waals surface area contributed by atoms with E-state index in [4.69, 9.17) is 26.4 Å². The Labute approximate surface area is 353 Å². The molecule has 0 atom stereocenters. The maximum atomic E-state index is 9.59. The average molecular weight is 781 g/mol. The third-order valence-electron chi connectivity index (χ3n) is 5.93. The van der Waals surface area contributed by atoms with Crippen molar-refractivity contribution in [1.29, 1.82) is 0 Å². The molecule has 43 heavy (non-hydrogen) atoms. The van der Waals surface area contributed by atoms with Gasteiger partial charge in [-0.05, 0) is 68.3 Å². The Kier molecular flexibility index (Phi) is 14.9. The zero-order valence-corrected chi connectivity index (χ0v) is 33.0. The second-order valence-corrected chi connectivity index (χ2v) is 10.5. The summed E-state index contributed by atoms with van der Waals surface area (Å²) < 4.78 is 11.3. The van der Waals surface area contributed by atoms with E-state index >= 15 is 0 Å². The van der Waals surface area contributed by atoms with E-state index in [1.54, 1.807) is 12.4 Å². The number of imidazole rings is 2. The van der Waals surface area contributed by atoms with Gasteiger partial charge in [0, 0.05) is 39.3 Å². The van der Waals surface area contributed by atoms with Gasteiger partial charge in [-0.1, -0.05) is 23.7 Å². The van der Waals surface area contributed by atoms with E-state index in [2.05, 4.69) is 61.1 Å². The first kappa shape index (κ1) is 36.9. The zero-order valence-electron chi connectivity index (χ0n) is 23.8. The minimum Gasteiger partial charge on any atom is -1.00 e. The van der Waals surface area contributed by atoms with Gasteiger partial charge in [0.05, 0.1) is 29.3 Å². The van der Waals surface area contributed by atoms with Gasteiger partial charge in [0.1, 0.15) is 28.7 Å². The Morgan fingerprint density at radius 1 is 0.977 bits per heavy atom. The van der Waals surface area contributed by atoms with Gasteiger partial charge in [-0.15, -0.1) is 0 Å². The molecule has 16 heteroatoms. The van der Waals surface area contributed by atoms with Gasteiger partial charge in [0.25, 0.3) is 6.47 Å². The number of carbonyl (C=O) groups excluding carboxylic acids is 1. The predicted octanol–water partition coefficient (Wildman–Crippen LogP) is -1.09. The van der Waals surface area contributed by atoms with Crippen LogP contribution >= 0.6 is 43.5 Å². The number of aliphatic hydroxyl groups excluding tert-OH is 1. The number of halogens is 3. The molecule has 0 spiro atoms. The summed E-state index contributed by atoms with van der Waals surface area (Å²) in [6, 6.07) is 15.5. The number of rotatable bonds is 3. The van der Waals surface area contributed by atoms with Crippen LogP contribution in [0.2, 0.25) is 5.15 Å². The molecule has 1 N–H and O–H groups in total. The molecular formula is C27H19Br2ClK2N6O5. The average Bonchev–Trinajstić information content (AvgIpc) is 3.57. The fourth-order valence-electron chi connectivity index (χ4n) is 4.25. The Balaban J connectivity index is 0.000000258. The number of pyridine rings is 4. The van der Waals surface area contributed by atoms with Crippen molar-refractivity contribution in [2.24, 2.45) is 0 Å². The van der Waals surface area contributed by atoms with E-state index in [1.807, 2.05) is 65.3 Å². The minimum absolute atomic E-state index is 0. The maximum Gasteiger partial charge on any atom is 1.00 e. The molecule has 11 nitrogen and oxygen atoms in total. The Bertz CT molecular complexity index is 1880. The van der Waals surface area contributed by atoms with E-state index in [0.29, 0.717) is 34.6 Å². The van der Waals surface area contributed by atoms with E-state index in [9.17, 15) is 5.11 Å². The van der Waals surface area contributed by atoms with Crippen LogP contribution < -0.4 is 113 Å². The van der Waals surface area contributed by atoms with Gasteiger partial charge in [-0.25, -0.2) is 19.9 Å². The first-order valence-corrected chi connectivity index (χ1v) is 13.8. The molecule has 0 unspecified atom stereocenters. The van der Waals surface area contributed by atoms with Crippen molar-refractivity contribution >= 4 is 61.2 Å². The number of aromatic nitrogens is 6. The van der Waals surface area contributed by atoms with Crippen LogP contribution in [-0.2, 0) is 22.9 Å². The number of carbonyl (C=O) groups is 1. The fraction of sp³-hybridized carbons (Fsp3) is 0.0741. The number of fused-ring (bicyclic) bond motifs is 6. The molecule has 0 aromatic carbocycles. The molecule has 6 aromatic rings. The van der Waals surface area contributed by atoms with Crippen molar-refractivity contribution < 1.29 is 129 Å². The summed E-state index contributed by atoms with van der Waals surface area (Å²) in [6.45, 7) is 0.200. The van der Waals surface area contributed by atoms with Gasteiger partial charge in [-0.3, -0.25) is 9.20 Å². The van der Waals surface area contributed by atoms with Gasteiger partial charge >= 0.3 is 103 Å². The van der Waals surface area contributed by atoms with Crippen LogP contribution in [0.5, 0.6) is 5.88 Å². The largest absolute Gasteiger partial charge is 1.00 e. The Morgan fingerprint density at radius 2 is 1.56 bits per heavy atom. The number of hydrogen-bond donors (Lipinski definition) is 1. The van der Waals surface area contributed by atoms with Crippen molar-refractivity contribution in [1.82, 2.24) is 28.7 Å². The summed E-state index contributed by atoms with van der Waals surface area (Å²) in [4.78, 5) is 28.8. The maximum absolute atomic E-state index is 9.59. The first-order valence-electron chi connectivity index (χ1n) is 11.8. The van der Waals surface area contributed by atoms with Crippen LogP contribution in [0.4, 0.5) is 0 Å². The van der Waals surface area contributed by atoms with Crippen molar-refractivity contribution in [2.75, 3.05) is 0 Å². The molecule has 210 valence electrons. The summed E-state index contributed by atoms with van der Waals surface area (Å²) in [5.74, 6) is 0.647. The molecule has 0 fully saturated rings. The standard InChI is InChI=1S/C13H9BrClN3O.C13H8BrN3O.CH2O3.2K.H/c14-8-5-9(13(15)16-6-8)12-10(7-19)18-4-2-1-3-11(18)17-12;14-8-5-9-12-10(7-18-13(9)15-6-8)17-4-2-1-3-11(17)16-12;2-1-4-3;;;/h1-6,19H,7H2;1-6H,7H2;1,3H;;;/q;;;2*+1;-1/p-1. The van der Waals surface area contributed by atoms with Crippen LogP contribution in [0.25, 0.3) is 33.8 Å². The summed E-state index contributed by atoms with van der Waals surface area (Å²) in [5.41, 5.74) is 6.69.